The fourth-order valence-corrected chi connectivity index (χ4v) is 2.15. The van der Waals surface area contributed by atoms with Crippen molar-refractivity contribution in [2.45, 2.75) is 25.4 Å². The van der Waals surface area contributed by atoms with Crippen LogP contribution >= 0.6 is 0 Å². The molecule has 0 aliphatic carbocycles. The molecule has 3 nitrogen and oxygen atoms in total. The summed E-state index contributed by atoms with van der Waals surface area (Å²) < 4.78 is 42.7. The van der Waals surface area contributed by atoms with Crippen molar-refractivity contribution in [3.63, 3.8) is 0 Å². The molecule has 106 valence electrons. The molecule has 2 heterocycles. The Bertz CT molecular complexity index is 403. The van der Waals surface area contributed by atoms with Crippen LogP contribution in [0.3, 0.4) is 0 Å². The number of halogens is 3. The van der Waals surface area contributed by atoms with E-state index in [0.29, 0.717) is 12.5 Å². The summed E-state index contributed by atoms with van der Waals surface area (Å²) in [5.74, 6) is 0.582. The van der Waals surface area contributed by atoms with Crippen LogP contribution in [0.25, 0.3) is 0 Å². The van der Waals surface area contributed by atoms with E-state index in [2.05, 4.69) is 10.3 Å². The van der Waals surface area contributed by atoms with Crippen molar-refractivity contribution in [2.75, 3.05) is 19.7 Å². The minimum absolute atomic E-state index is 0.0404. The lowest BCUT2D eigenvalue weighted by Gasteiger charge is -2.22. The first-order chi connectivity index (χ1) is 9.05. The number of pyridine rings is 1. The fraction of sp³-hybridized carbons (Fsp3) is 0.615. The highest BCUT2D eigenvalue weighted by Crippen LogP contribution is 2.28. The van der Waals surface area contributed by atoms with Gasteiger partial charge in [0, 0.05) is 6.07 Å². The van der Waals surface area contributed by atoms with Crippen molar-refractivity contribution in [1.29, 1.82) is 0 Å². The summed E-state index contributed by atoms with van der Waals surface area (Å²) in [7, 11) is 0. The summed E-state index contributed by atoms with van der Waals surface area (Å²) in [6.45, 7) is 2.41. The predicted octanol–water partition coefficient (Wildman–Crippen LogP) is 2.87. The Labute approximate surface area is 110 Å². The quantitative estimate of drug-likeness (QED) is 0.916. The molecule has 1 aliphatic heterocycles. The lowest BCUT2D eigenvalue weighted by atomic mass is 9.97. The van der Waals surface area contributed by atoms with E-state index in [1.165, 1.54) is 12.1 Å². The van der Waals surface area contributed by atoms with Crippen LogP contribution in [0.15, 0.2) is 18.2 Å². The van der Waals surface area contributed by atoms with E-state index < -0.39 is 11.9 Å². The van der Waals surface area contributed by atoms with E-state index >= 15 is 0 Å². The standard InChI is InChI=1S/C13H17F3N2O/c14-13(15,16)11-4-1-5-12(18-11)19-8-6-10-3-2-7-17-9-10/h1,4-5,10,17H,2-3,6-9H2. The van der Waals surface area contributed by atoms with E-state index in [9.17, 15) is 13.2 Å². The topological polar surface area (TPSA) is 34.1 Å². The molecule has 1 N–H and O–H groups in total. The van der Waals surface area contributed by atoms with Crippen LogP contribution in [-0.2, 0) is 6.18 Å². The zero-order chi connectivity index (χ0) is 13.7. The van der Waals surface area contributed by atoms with Gasteiger partial charge in [-0.15, -0.1) is 0 Å². The lowest BCUT2D eigenvalue weighted by molar-refractivity contribution is -0.141. The molecule has 1 atom stereocenters. The number of nitrogens with one attached hydrogen (secondary N) is 1. The first-order valence-corrected chi connectivity index (χ1v) is 6.43. The van der Waals surface area contributed by atoms with E-state index in [1.807, 2.05) is 0 Å². The smallest absolute Gasteiger partial charge is 0.433 e. The normalized spacial score (nSPS) is 20.3. The number of aromatic nitrogens is 1. The van der Waals surface area contributed by atoms with Gasteiger partial charge in [-0.25, -0.2) is 4.98 Å². The molecular weight excluding hydrogens is 257 g/mol. The summed E-state index contributed by atoms with van der Waals surface area (Å²) in [6.07, 6.45) is -1.30. The van der Waals surface area contributed by atoms with Crippen LogP contribution in [0, 0.1) is 5.92 Å². The second kappa shape index (κ2) is 6.23. The van der Waals surface area contributed by atoms with Crippen LogP contribution in [0.4, 0.5) is 13.2 Å². The number of hydrogen-bond donors (Lipinski definition) is 1. The van der Waals surface area contributed by atoms with Crippen molar-refractivity contribution < 1.29 is 17.9 Å². The van der Waals surface area contributed by atoms with E-state index in [4.69, 9.17) is 4.74 Å². The zero-order valence-electron chi connectivity index (χ0n) is 10.5. The molecule has 0 spiro atoms. The molecule has 1 saturated heterocycles. The molecule has 1 aromatic heterocycles. The van der Waals surface area contributed by atoms with Crippen molar-refractivity contribution in [1.82, 2.24) is 10.3 Å². The van der Waals surface area contributed by atoms with E-state index in [0.717, 1.165) is 38.4 Å². The number of nitrogens with zero attached hydrogens (tertiary/aromatic N) is 1. The van der Waals surface area contributed by atoms with Crippen LogP contribution < -0.4 is 10.1 Å². The first-order valence-electron chi connectivity index (χ1n) is 6.43. The van der Waals surface area contributed by atoms with Crippen LogP contribution in [-0.4, -0.2) is 24.7 Å². The van der Waals surface area contributed by atoms with Gasteiger partial charge in [-0.2, -0.15) is 13.2 Å². The van der Waals surface area contributed by atoms with Crippen LogP contribution in [0.5, 0.6) is 5.88 Å². The SMILES string of the molecule is FC(F)(F)c1cccc(OCCC2CCCNC2)n1. The van der Waals surface area contributed by atoms with Gasteiger partial charge < -0.3 is 10.1 Å². The number of hydrogen-bond acceptors (Lipinski definition) is 3. The van der Waals surface area contributed by atoms with E-state index in [-0.39, 0.29) is 5.88 Å². The molecular formula is C13H17F3N2O. The average Bonchev–Trinajstić information content (AvgIpc) is 2.39. The molecule has 0 aromatic carbocycles. The van der Waals surface area contributed by atoms with Gasteiger partial charge in [-0.3, -0.25) is 0 Å². The molecule has 1 unspecified atom stereocenters. The summed E-state index contributed by atoms with van der Waals surface area (Å²) >= 11 is 0. The Morgan fingerprint density at radius 1 is 1.37 bits per heavy atom. The Hall–Kier alpha value is -1.30. The third-order valence-corrected chi connectivity index (χ3v) is 3.19. The maximum Gasteiger partial charge on any atom is 0.433 e. The van der Waals surface area contributed by atoms with Gasteiger partial charge in [0.25, 0.3) is 0 Å². The van der Waals surface area contributed by atoms with Gasteiger partial charge in [0.15, 0.2) is 0 Å². The molecule has 1 aliphatic rings. The monoisotopic (exact) mass is 274 g/mol. The summed E-state index contributed by atoms with van der Waals surface area (Å²) in [5, 5.41) is 3.29. The summed E-state index contributed by atoms with van der Waals surface area (Å²) in [4.78, 5) is 3.46. The molecule has 0 amide bonds. The summed E-state index contributed by atoms with van der Waals surface area (Å²) in [5.41, 5.74) is -0.913. The third kappa shape index (κ3) is 4.38. The largest absolute Gasteiger partial charge is 0.478 e. The number of alkyl halides is 3. The van der Waals surface area contributed by atoms with Gasteiger partial charge in [-0.05, 0) is 44.3 Å². The van der Waals surface area contributed by atoms with Gasteiger partial charge in [0.05, 0.1) is 6.61 Å². The molecule has 6 heteroatoms. The molecule has 19 heavy (non-hydrogen) atoms. The average molecular weight is 274 g/mol. The van der Waals surface area contributed by atoms with Crippen molar-refractivity contribution in [2.24, 2.45) is 5.92 Å². The van der Waals surface area contributed by atoms with Crippen molar-refractivity contribution in [3.05, 3.63) is 23.9 Å². The highest BCUT2D eigenvalue weighted by molar-refractivity contribution is 5.17. The van der Waals surface area contributed by atoms with Gasteiger partial charge in [0.1, 0.15) is 5.69 Å². The highest BCUT2D eigenvalue weighted by Gasteiger charge is 2.32. The molecule has 1 aromatic rings. The lowest BCUT2D eigenvalue weighted by Crippen LogP contribution is -2.30. The van der Waals surface area contributed by atoms with Gasteiger partial charge in [0.2, 0.25) is 5.88 Å². The highest BCUT2D eigenvalue weighted by atomic mass is 19.4. The van der Waals surface area contributed by atoms with Crippen LogP contribution in [0.2, 0.25) is 0 Å². The van der Waals surface area contributed by atoms with Crippen LogP contribution in [0.1, 0.15) is 25.0 Å². The molecule has 2 rings (SSSR count). The van der Waals surface area contributed by atoms with Crippen molar-refractivity contribution >= 4 is 0 Å². The maximum absolute atomic E-state index is 12.5. The Kier molecular flexibility index (Phi) is 4.63. The predicted molar refractivity (Wildman–Crippen MR) is 64.9 cm³/mol. The summed E-state index contributed by atoms with van der Waals surface area (Å²) in [6, 6.07) is 3.71. The maximum atomic E-state index is 12.5. The minimum Gasteiger partial charge on any atom is -0.478 e. The molecule has 0 saturated carbocycles. The second-order valence-corrected chi connectivity index (χ2v) is 4.71. The Morgan fingerprint density at radius 2 is 2.21 bits per heavy atom. The minimum atomic E-state index is -4.42. The van der Waals surface area contributed by atoms with E-state index in [1.54, 1.807) is 0 Å². The fourth-order valence-electron chi connectivity index (χ4n) is 2.15. The Morgan fingerprint density at radius 3 is 2.89 bits per heavy atom. The van der Waals surface area contributed by atoms with Crippen molar-refractivity contribution in [3.8, 4) is 5.88 Å². The van der Waals surface area contributed by atoms with Gasteiger partial charge >= 0.3 is 6.18 Å². The number of ether oxygens (including phenoxy) is 1. The molecule has 0 bridgehead atoms. The third-order valence-electron chi connectivity index (χ3n) is 3.19. The first kappa shape index (κ1) is 14.1. The molecule has 1 fully saturated rings. The zero-order valence-corrected chi connectivity index (χ0v) is 10.5. The number of rotatable bonds is 4. The second-order valence-electron chi connectivity index (χ2n) is 4.71. The number of piperidine rings is 1. The van der Waals surface area contributed by atoms with Gasteiger partial charge in [-0.1, -0.05) is 6.07 Å². The Balaban J connectivity index is 1.82. The molecule has 0 radical (unpaired) electrons.